The maximum atomic E-state index is 11.6. The van der Waals surface area contributed by atoms with E-state index in [1.807, 2.05) is 0 Å². The number of ether oxygens (including phenoxy) is 2. The molecule has 0 amide bonds. The maximum absolute atomic E-state index is 11.6. The van der Waals surface area contributed by atoms with Crippen LogP contribution in [0.15, 0.2) is 0 Å². The van der Waals surface area contributed by atoms with Crippen molar-refractivity contribution >= 4 is 33.7 Å². The van der Waals surface area contributed by atoms with E-state index in [1.54, 1.807) is 20.8 Å². The van der Waals surface area contributed by atoms with Crippen molar-refractivity contribution in [2.24, 2.45) is 0 Å². The first-order valence-corrected chi connectivity index (χ1v) is 6.73. The summed E-state index contributed by atoms with van der Waals surface area (Å²) >= 11 is 3.14. The summed E-state index contributed by atoms with van der Waals surface area (Å²) in [5, 5.41) is 0.354. The summed E-state index contributed by atoms with van der Waals surface area (Å²) in [6, 6.07) is 0. The number of Topliss-reactive ketones (excluding diaryl/α,β-unsaturated/α-hetero) is 1. The second-order valence-corrected chi connectivity index (χ2v) is 5.54. The zero-order valence-electron chi connectivity index (χ0n) is 11.1. The zero-order valence-corrected chi connectivity index (χ0v) is 12.7. The van der Waals surface area contributed by atoms with Gasteiger partial charge in [0.2, 0.25) is 0 Å². The first kappa shape index (κ1) is 17.1. The lowest BCUT2D eigenvalue weighted by Crippen LogP contribution is -2.27. The molecule has 0 aliphatic heterocycles. The molecule has 0 bridgehead atoms. The SMILES string of the molecule is CC(=O)O[C@H](CBr)CC(=O)CC(=O)OC(C)(C)C. The Bertz CT molecular complexity index is 319. The Kier molecular flexibility index (Phi) is 7.13. The molecule has 0 fully saturated rings. The average Bonchev–Trinajstić information content (AvgIpc) is 2.12. The highest BCUT2D eigenvalue weighted by Crippen LogP contribution is 2.11. The number of halogens is 1. The van der Waals surface area contributed by atoms with E-state index in [4.69, 9.17) is 9.47 Å². The van der Waals surface area contributed by atoms with Crippen LogP contribution in [0, 0.1) is 0 Å². The van der Waals surface area contributed by atoms with E-state index in [0.717, 1.165) is 0 Å². The third-order valence-corrected chi connectivity index (χ3v) is 2.44. The number of carbonyl (C=O) groups excluding carboxylic acids is 3. The van der Waals surface area contributed by atoms with E-state index in [-0.39, 0.29) is 18.6 Å². The topological polar surface area (TPSA) is 69.7 Å². The highest BCUT2D eigenvalue weighted by Gasteiger charge is 2.21. The smallest absolute Gasteiger partial charge is 0.313 e. The summed E-state index contributed by atoms with van der Waals surface area (Å²) in [5.74, 6) is -1.33. The molecule has 0 heterocycles. The molecule has 6 heteroatoms. The van der Waals surface area contributed by atoms with Crippen LogP contribution in [-0.4, -0.2) is 34.8 Å². The van der Waals surface area contributed by atoms with Gasteiger partial charge >= 0.3 is 11.9 Å². The largest absolute Gasteiger partial charge is 0.461 e. The normalized spacial score (nSPS) is 12.7. The number of carbonyl (C=O) groups is 3. The van der Waals surface area contributed by atoms with E-state index in [9.17, 15) is 14.4 Å². The molecule has 0 rings (SSSR count). The van der Waals surface area contributed by atoms with Gasteiger partial charge < -0.3 is 9.47 Å². The van der Waals surface area contributed by atoms with Crippen LogP contribution in [0.25, 0.3) is 0 Å². The molecule has 5 nitrogen and oxygen atoms in total. The third-order valence-electron chi connectivity index (χ3n) is 1.72. The summed E-state index contributed by atoms with van der Waals surface area (Å²) in [7, 11) is 0. The predicted octanol–water partition coefficient (Wildman–Crippen LogP) is 2.00. The second-order valence-electron chi connectivity index (χ2n) is 4.89. The Morgan fingerprint density at radius 1 is 1.22 bits per heavy atom. The van der Waals surface area contributed by atoms with Gasteiger partial charge in [-0.3, -0.25) is 14.4 Å². The van der Waals surface area contributed by atoms with Crippen molar-refractivity contribution in [3.8, 4) is 0 Å². The molecule has 0 spiro atoms. The lowest BCUT2D eigenvalue weighted by atomic mass is 10.1. The molecule has 18 heavy (non-hydrogen) atoms. The van der Waals surface area contributed by atoms with Gasteiger partial charge in [0.25, 0.3) is 0 Å². The number of esters is 2. The fourth-order valence-corrected chi connectivity index (χ4v) is 1.59. The van der Waals surface area contributed by atoms with E-state index in [2.05, 4.69) is 15.9 Å². The van der Waals surface area contributed by atoms with E-state index < -0.39 is 23.6 Å². The molecule has 0 N–H and O–H groups in total. The fraction of sp³-hybridized carbons (Fsp3) is 0.750. The molecular weight excluding hydrogens is 304 g/mol. The number of hydrogen-bond acceptors (Lipinski definition) is 5. The quantitative estimate of drug-likeness (QED) is 0.425. The van der Waals surface area contributed by atoms with Crippen LogP contribution in [0.5, 0.6) is 0 Å². The Morgan fingerprint density at radius 3 is 2.17 bits per heavy atom. The monoisotopic (exact) mass is 322 g/mol. The van der Waals surface area contributed by atoms with Gasteiger partial charge in [0.15, 0.2) is 0 Å². The first-order chi connectivity index (χ1) is 8.14. The van der Waals surface area contributed by atoms with Gasteiger partial charge in [-0.25, -0.2) is 0 Å². The number of alkyl halides is 1. The highest BCUT2D eigenvalue weighted by atomic mass is 79.9. The predicted molar refractivity (Wildman–Crippen MR) is 69.4 cm³/mol. The van der Waals surface area contributed by atoms with Crippen molar-refractivity contribution in [2.75, 3.05) is 5.33 Å². The minimum absolute atomic E-state index is 0.00404. The minimum atomic E-state index is -0.609. The van der Waals surface area contributed by atoms with Gasteiger partial charge in [0, 0.05) is 18.7 Å². The van der Waals surface area contributed by atoms with E-state index in [1.165, 1.54) is 6.92 Å². The molecule has 104 valence electrons. The number of hydrogen-bond donors (Lipinski definition) is 0. The molecule has 0 radical (unpaired) electrons. The highest BCUT2D eigenvalue weighted by molar-refractivity contribution is 9.09. The molecule has 0 aromatic carbocycles. The lowest BCUT2D eigenvalue weighted by molar-refractivity contribution is -0.156. The average molecular weight is 323 g/mol. The van der Waals surface area contributed by atoms with Crippen LogP contribution >= 0.6 is 15.9 Å². The molecular formula is C12H19BrO5. The molecule has 0 saturated carbocycles. The Hall–Kier alpha value is -0.910. The van der Waals surface area contributed by atoms with Crippen molar-refractivity contribution in [1.29, 1.82) is 0 Å². The summed E-state index contributed by atoms with van der Waals surface area (Å²) in [6.07, 6.45) is -0.844. The minimum Gasteiger partial charge on any atom is -0.461 e. The Balaban J connectivity index is 4.17. The molecule has 0 aromatic rings. The van der Waals surface area contributed by atoms with Crippen molar-refractivity contribution in [2.45, 2.75) is 52.2 Å². The Labute approximate surface area is 115 Å². The molecule has 0 aliphatic carbocycles. The molecule has 0 saturated heterocycles. The van der Waals surface area contributed by atoms with E-state index >= 15 is 0 Å². The number of ketones is 1. The second kappa shape index (κ2) is 7.51. The van der Waals surface area contributed by atoms with Gasteiger partial charge in [0.05, 0.1) is 0 Å². The fourth-order valence-electron chi connectivity index (χ4n) is 1.23. The van der Waals surface area contributed by atoms with Gasteiger partial charge in [-0.2, -0.15) is 0 Å². The van der Waals surface area contributed by atoms with Gasteiger partial charge in [-0.1, -0.05) is 15.9 Å². The van der Waals surface area contributed by atoms with Crippen LogP contribution in [-0.2, 0) is 23.9 Å². The van der Waals surface area contributed by atoms with Crippen LogP contribution in [0.2, 0.25) is 0 Å². The Morgan fingerprint density at radius 2 is 1.78 bits per heavy atom. The summed E-state index contributed by atoms with van der Waals surface area (Å²) in [5.41, 5.74) is -0.609. The third kappa shape index (κ3) is 9.15. The summed E-state index contributed by atoms with van der Waals surface area (Å²) in [6.45, 7) is 6.47. The lowest BCUT2D eigenvalue weighted by Gasteiger charge is -2.19. The van der Waals surface area contributed by atoms with Crippen molar-refractivity contribution in [3.63, 3.8) is 0 Å². The zero-order chi connectivity index (χ0) is 14.3. The van der Waals surface area contributed by atoms with Crippen LogP contribution in [0.3, 0.4) is 0 Å². The van der Waals surface area contributed by atoms with Crippen LogP contribution in [0.1, 0.15) is 40.5 Å². The number of rotatable bonds is 6. The first-order valence-electron chi connectivity index (χ1n) is 5.60. The maximum Gasteiger partial charge on any atom is 0.313 e. The van der Waals surface area contributed by atoms with Crippen LogP contribution in [0.4, 0.5) is 0 Å². The van der Waals surface area contributed by atoms with Gasteiger partial charge in [-0.15, -0.1) is 0 Å². The molecule has 0 aromatic heterocycles. The molecule has 0 aliphatic rings. The van der Waals surface area contributed by atoms with Crippen molar-refractivity contribution in [1.82, 2.24) is 0 Å². The van der Waals surface area contributed by atoms with Gasteiger partial charge in [0.1, 0.15) is 23.9 Å². The van der Waals surface area contributed by atoms with Crippen molar-refractivity contribution in [3.05, 3.63) is 0 Å². The van der Waals surface area contributed by atoms with Crippen LogP contribution < -0.4 is 0 Å². The van der Waals surface area contributed by atoms with Crippen molar-refractivity contribution < 1.29 is 23.9 Å². The summed E-state index contributed by atoms with van der Waals surface area (Å²) in [4.78, 5) is 33.7. The molecule has 0 unspecified atom stereocenters. The summed E-state index contributed by atoms with van der Waals surface area (Å²) < 4.78 is 9.92. The molecule has 1 atom stereocenters. The van der Waals surface area contributed by atoms with E-state index in [0.29, 0.717) is 5.33 Å². The standard InChI is InChI=1S/C12H19BrO5/c1-8(14)17-10(7-13)5-9(15)6-11(16)18-12(2,3)4/h10H,5-7H2,1-4H3/t10-/m0/s1. The van der Waals surface area contributed by atoms with Gasteiger partial charge in [-0.05, 0) is 20.8 Å².